The summed E-state index contributed by atoms with van der Waals surface area (Å²) in [6.07, 6.45) is 9.47. The first-order valence-corrected chi connectivity index (χ1v) is 9.03. The Balaban J connectivity index is 1.36. The molecule has 0 atom stereocenters. The molecule has 130 valence electrons. The van der Waals surface area contributed by atoms with Crippen molar-refractivity contribution in [2.45, 2.75) is 38.1 Å². The summed E-state index contributed by atoms with van der Waals surface area (Å²) in [5.74, 6) is 1.64. The minimum Gasteiger partial charge on any atom is -0.367 e. The molecule has 25 heavy (non-hydrogen) atoms. The summed E-state index contributed by atoms with van der Waals surface area (Å²) in [5, 5.41) is 6.19. The van der Waals surface area contributed by atoms with Gasteiger partial charge in [-0.05, 0) is 56.4 Å². The number of aromatic nitrogens is 2. The highest BCUT2D eigenvalue weighted by Crippen LogP contribution is 2.23. The number of amides is 1. The molecule has 0 aromatic carbocycles. The summed E-state index contributed by atoms with van der Waals surface area (Å²) in [4.78, 5) is 23.4. The van der Waals surface area contributed by atoms with Gasteiger partial charge in [0.05, 0.1) is 17.4 Å². The van der Waals surface area contributed by atoms with Crippen molar-refractivity contribution in [3.8, 4) is 0 Å². The molecule has 1 aliphatic heterocycles. The fraction of sp³-hybridized carbons (Fsp3) is 0.421. The molecule has 1 saturated carbocycles. The maximum atomic E-state index is 12.3. The Morgan fingerprint density at radius 2 is 1.84 bits per heavy atom. The van der Waals surface area contributed by atoms with E-state index in [4.69, 9.17) is 0 Å². The highest BCUT2D eigenvalue weighted by atomic mass is 16.1. The number of piperidine rings is 1. The van der Waals surface area contributed by atoms with Crippen LogP contribution in [0.4, 0.5) is 17.3 Å². The molecule has 0 radical (unpaired) electrons. The minimum absolute atomic E-state index is 0.169. The quantitative estimate of drug-likeness (QED) is 0.876. The predicted molar refractivity (Wildman–Crippen MR) is 99.1 cm³/mol. The average molecular weight is 337 g/mol. The van der Waals surface area contributed by atoms with E-state index in [1.807, 2.05) is 18.2 Å². The molecule has 0 unspecified atom stereocenters. The van der Waals surface area contributed by atoms with E-state index >= 15 is 0 Å². The zero-order valence-electron chi connectivity index (χ0n) is 14.2. The molecule has 6 heteroatoms. The highest BCUT2D eigenvalue weighted by Gasteiger charge is 2.21. The Bertz CT molecular complexity index is 718. The van der Waals surface area contributed by atoms with Gasteiger partial charge in [-0.15, -0.1) is 0 Å². The zero-order chi connectivity index (χ0) is 17.1. The first-order valence-electron chi connectivity index (χ1n) is 9.03. The molecule has 2 aromatic rings. The second-order valence-corrected chi connectivity index (χ2v) is 6.76. The molecular formula is C19H23N5O. The van der Waals surface area contributed by atoms with E-state index < -0.39 is 0 Å². The van der Waals surface area contributed by atoms with Crippen LogP contribution < -0.4 is 15.5 Å². The molecular weight excluding hydrogens is 314 g/mol. The van der Waals surface area contributed by atoms with Crippen molar-refractivity contribution in [3.63, 3.8) is 0 Å². The Hall–Kier alpha value is -2.63. The monoisotopic (exact) mass is 337 g/mol. The predicted octanol–water partition coefficient (Wildman–Crippen LogP) is 3.29. The fourth-order valence-electron chi connectivity index (χ4n) is 3.02. The number of pyridine rings is 2. The number of hydrogen-bond acceptors (Lipinski definition) is 5. The van der Waals surface area contributed by atoms with Crippen LogP contribution in [0.2, 0.25) is 0 Å². The number of carbonyl (C=O) groups excluding carboxylic acids is 1. The molecule has 2 aliphatic rings. The third-order valence-corrected chi connectivity index (χ3v) is 4.64. The number of hydrogen-bond donors (Lipinski definition) is 2. The summed E-state index contributed by atoms with van der Waals surface area (Å²) in [6.45, 7) is 2.12. The maximum Gasteiger partial charge on any atom is 0.257 e. The van der Waals surface area contributed by atoms with Gasteiger partial charge in [-0.25, -0.2) is 9.97 Å². The van der Waals surface area contributed by atoms with Gasteiger partial charge in [-0.1, -0.05) is 0 Å². The molecule has 1 saturated heterocycles. The molecule has 2 aromatic heterocycles. The van der Waals surface area contributed by atoms with E-state index in [2.05, 4.69) is 25.5 Å². The van der Waals surface area contributed by atoms with Crippen LogP contribution >= 0.6 is 0 Å². The molecule has 3 heterocycles. The second-order valence-electron chi connectivity index (χ2n) is 6.76. The molecule has 1 amide bonds. The summed E-state index contributed by atoms with van der Waals surface area (Å²) < 4.78 is 0. The van der Waals surface area contributed by atoms with Crippen LogP contribution in [0.25, 0.3) is 0 Å². The third kappa shape index (κ3) is 4.07. The SMILES string of the molecule is O=C(Nc1ccc(N2CCCCC2)nc1)c1ccc(NC2CC2)nc1. The van der Waals surface area contributed by atoms with Crippen molar-refractivity contribution >= 4 is 23.2 Å². The summed E-state index contributed by atoms with van der Waals surface area (Å²) in [6, 6.07) is 8.08. The Labute approximate surface area is 147 Å². The summed E-state index contributed by atoms with van der Waals surface area (Å²) in [5.41, 5.74) is 1.24. The van der Waals surface area contributed by atoms with Gasteiger partial charge in [-0.3, -0.25) is 4.79 Å². The van der Waals surface area contributed by atoms with E-state index in [0.717, 1.165) is 24.7 Å². The molecule has 0 bridgehead atoms. The van der Waals surface area contributed by atoms with Gasteiger partial charge in [0.2, 0.25) is 0 Å². The lowest BCUT2D eigenvalue weighted by Crippen LogP contribution is -2.30. The maximum absolute atomic E-state index is 12.3. The van der Waals surface area contributed by atoms with Gasteiger partial charge in [0.15, 0.2) is 0 Å². The molecule has 1 aliphatic carbocycles. The van der Waals surface area contributed by atoms with E-state index in [9.17, 15) is 4.79 Å². The van der Waals surface area contributed by atoms with Gasteiger partial charge in [-0.2, -0.15) is 0 Å². The van der Waals surface area contributed by atoms with Crippen molar-refractivity contribution in [1.29, 1.82) is 0 Å². The minimum atomic E-state index is -0.169. The van der Waals surface area contributed by atoms with Crippen molar-refractivity contribution in [1.82, 2.24) is 9.97 Å². The van der Waals surface area contributed by atoms with E-state index in [-0.39, 0.29) is 5.91 Å². The topological polar surface area (TPSA) is 70.2 Å². The largest absolute Gasteiger partial charge is 0.367 e. The van der Waals surface area contributed by atoms with Crippen molar-refractivity contribution < 1.29 is 4.79 Å². The average Bonchev–Trinajstić information content (AvgIpc) is 3.48. The van der Waals surface area contributed by atoms with E-state index in [0.29, 0.717) is 17.3 Å². The van der Waals surface area contributed by atoms with Crippen LogP contribution in [0.15, 0.2) is 36.7 Å². The Morgan fingerprint density at radius 3 is 2.48 bits per heavy atom. The molecule has 4 rings (SSSR count). The Morgan fingerprint density at radius 1 is 1.00 bits per heavy atom. The van der Waals surface area contributed by atoms with Crippen molar-refractivity contribution in [2.24, 2.45) is 0 Å². The first kappa shape index (κ1) is 15.9. The number of anilines is 3. The van der Waals surface area contributed by atoms with Gasteiger partial charge in [0, 0.05) is 25.3 Å². The molecule has 2 fully saturated rings. The first-order chi connectivity index (χ1) is 12.3. The number of rotatable bonds is 5. The standard InChI is InChI=1S/C19H23N5O/c25-19(14-4-8-17(20-12-14)22-15-5-6-15)23-16-7-9-18(21-13-16)24-10-2-1-3-11-24/h4,7-9,12-13,15H,1-3,5-6,10-11H2,(H,20,22)(H,23,25). The lowest BCUT2D eigenvalue weighted by molar-refractivity contribution is 0.102. The number of nitrogens with one attached hydrogen (secondary N) is 2. The van der Waals surface area contributed by atoms with Crippen LogP contribution in [-0.4, -0.2) is 35.0 Å². The summed E-state index contributed by atoms with van der Waals surface area (Å²) in [7, 11) is 0. The number of carbonyl (C=O) groups is 1. The fourth-order valence-corrected chi connectivity index (χ4v) is 3.02. The normalized spacial score (nSPS) is 17.2. The van der Waals surface area contributed by atoms with Gasteiger partial charge < -0.3 is 15.5 Å². The van der Waals surface area contributed by atoms with Crippen molar-refractivity contribution in [3.05, 3.63) is 42.2 Å². The number of nitrogens with zero attached hydrogens (tertiary/aromatic N) is 3. The van der Waals surface area contributed by atoms with Crippen LogP contribution in [0.5, 0.6) is 0 Å². The van der Waals surface area contributed by atoms with Gasteiger partial charge in [0.1, 0.15) is 11.6 Å². The lowest BCUT2D eigenvalue weighted by atomic mass is 10.1. The molecule has 0 spiro atoms. The van der Waals surface area contributed by atoms with Crippen molar-refractivity contribution in [2.75, 3.05) is 28.6 Å². The summed E-state index contributed by atoms with van der Waals surface area (Å²) >= 11 is 0. The van der Waals surface area contributed by atoms with Crippen LogP contribution in [0.3, 0.4) is 0 Å². The van der Waals surface area contributed by atoms with Gasteiger partial charge in [0.25, 0.3) is 5.91 Å². The molecule has 2 N–H and O–H groups in total. The van der Waals surface area contributed by atoms with Crippen LogP contribution in [-0.2, 0) is 0 Å². The van der Waals surface area contributed by atoms with E-state index in [1.165, 1.54) is 32.1 Å². The van der Waals surface area contributed by atoms with E-state index in [1.54, 1.807) is 18.5 Å². The smallest absolute Gasteiger partial charge is 0.257 e. The lowest BCUT2D eigenvalue weighted by Gasteiger charge is -2.27. The van der Waals surface area contributed by atoms with Gasteiger partial charge >= 0.3 is 0 Å². The Kier molecular flexibility index (Phi) is 4.50. The third-order valence-electron chi connectivity index (χ3n) is 4.64. The zero-order valence-corrected chi connectivity index (χ0v) is 14.2. The molecule has 6 nitrogen and oxygen atoms in total. The second kappa shape index (κ2) is 7.09. The van der Waals surface area contributed by atoms with Crippen LogP contribution in [0, 0.1) is 0 Å². The highest BCUT2D eigenvalue weighted by molar-refractivity contribution is 6.04. The van der Waals surface area contributed by atoms with Crippen LogP contribution in [0.1, 0.15) is 42.5 Å².